The van der Waals surface area contributed by atoms with Crippen molar-refractivity contribution in [1.29, 1.82) is 0 Å². The number of nitrogens with one attached hydrogen (secondary N) is 1. The van der Waals surface area contributed by atoms with Gasteiger partial charge < -0.3 is 20.5 Å². The molecule has 1 unspecified atom stereocenters. The highest BCUT2D eigenvalue weighted by Crippen LogP contribution is 2.46. The van der Waals surface area contributed by atoms with Gasteiger partial charge in [0.1, 0.15) is 12.4 Å². The second kappa shape index (κ2) is 5.91. The number of carbonyl (C=O) groups is 2. The lowest BCUT2D eigenvalue weighted by molar-refractivity contribution is -0.121. The second-order valence-electron chi connectivity index (χ2n) is 6.42. The van der Waals surface area contributed by atoms with Crippen LogP contribution in [0.5, 0.6) is 11.6 Å². The molecule has 25 heavy (non-hydrogen) atoms. The van der Waals surface area contributed by atoms with Gasteiger partial charge in [-0.15, -0.1) is 0 Å². The predicted octanol–water partition coefficient (Wildman–Crippen LogP) is 1.25. The van der Waals surface area contributed by atoms with Gasteiger partial charge >= 0.3 is 0 Å². The molecule has 0 bridgehead atoms. The lowest BCUT2D eigenvalue weighted by Crippen LogP contribution is -2.35. The molecular weight excluding hydrogens is 322 g/mol. The van der Waals surface area contributed by atoms with Crippen molar-refractivity contribution < 1.29 is 19.1 Å². The first-order chi connectivity index (χ1) is 12.1. The molecule has 130 valence electrons. The maximum absolute atomic E-state index is 11.7. The van der Waals surface area contributed by atoms with Gasteiger partial charge in [-0.3, -0.25) is 9.59 Å². The largest absolute Gasteiger partial charge is 0.493 e. The van der Waals surface area contributed by atoms with Crippen molar-refractivity contribution in [3.05, 3.63) is 30.0 Å². The molecule has 1 saturated carbocycles. The Hall–Kier alpha value is -2.83. The summed E-state index contributed by atoms with van der Waals surface area (Å²) < 4.78 is 11.4. The molecule has 2 fully saturated rings. The standard InChI is InChI=1S/C18H19N3O4/c1-2-24-15-7-10-9(5-13(15)16(19)22)3-4-20-18(10)25-8-14-11-6-12(11)17(23)21-14/h3-5,7,11-12,14H,2,6,8H2,1H3,(H2,19,22)(H,21,23)/t11?,12-,14-/m1/s1. The summed E-state index contributed by atoms with van der Waals surface area (Å²) >= 11 is 0. The number of nitrogens with zero attached hydrogens (tertiary/aromatic N) is 1. The molecule has 1 aliphatic carbocycles. The van der Waals surface area contributed by atoms with Crippen LogP contribution in [0.15, 0.2) is 24.4 Å². The smallest absolute Gasteiger partial charge is 0.252 e. The van der Waals surface area contributed by atoms with E-state index in [1.54, 1.807) is 24.4 Å². The number of primary amides is 1. The SMILES string of the molecule is CCOc1cc2c(OC[C@H]3NC(=O)[C@@H]4CC34)nccc2cc1C(N)=O. The van der Waals surface area contributed by atoms with Crippen molar-refractivity contribution in [1.82, 2.24) is 10.3 Å². The first-order valence-electron chi connectivity index (χ1n) is 8.37. The summed E-state index contributed by atoms with van der Waals surface area (Å²) in [5.41, 5.74) is 5.77. The van der Waals surface area contributed by atoms with E-state index < -0.39 is 5.91 Å². The maximum Gasteiger partial charge on any atom is 0.252 e. The molecule has 4 rings (SSSR count). The number of amides is 2. The number of rotatable bonds is 6. The lowest BCUT2D eigenvalue weighted by atomic mass is 10.1. The van der Waals surface area contributed by atoms with Crippen LogP contribution in [0.3, 0.4) is 0 Å². The van der Waals surface area contributed by atoms with Crippen LogP contribution in [-0.4, -0.2) is 36.1 Å². The average molecular weight is 341 g/mol. The van der Waals surface area contributed by atoms with Crippen LogP contribution in [0.1, 0.15) is 23.7 Å². The summed E-state index contributed by atoms with van der Waals surface area (Å²) in [6.45, 7) is 2.63. The Morgan fingerprint density at radius 1 is 1.40 bits per heavy atom. The number of fused-ring (bicyclic) bond motifs is 2. The van der Waals surface area contributed by atoms with Gasteiger partial charge in [-0.25, -0.2) is 4.98 Å². The Morgan fingerprint density at radius 2 is 2.24 bits per heavy atom. The zero-order chi connectivity index (χ0) is 17.6. The molecule has 2 amide bonds. The molecule has 1 aromatic heterocycles. The van der Waals surface area contributed by atoms with Crippen LogP contribution in [0.4, 0.5) is 0 Å². The molecular formula is C18H19N3O4. The molecule has 1 aliphatic heterocycles. The normalized spacial score (nSPS) is 23.9. The molecule has 0 radical (unpaired) electrons. The van der Waals surface area contributed by atoms with Gasteiger partial charge in [0.2, 0.25) is 11.8 Å². The summed E-state index contributed by atoms with van der Waals surface area (Å²) in [7, 11) is 0. The van der Waals surface area contributed by atoms with Crippen LogP contribution in [0.25, 0.3) is 10.8 Å². The van der Waals surface area contributed by atoms with Crippen LogP contribution < -0.4 is 20.5 Å². The van der Waals surface area contributed by atoms with E-state index >= 15 is 0 Å². The van der Waals surface area contributed by atoms with E-state index in [0.29, 0.717) is 36.3 Å². The molecule has 7 heteroatoms. The first kappa shape index (κ1) is 15.7. The van der Waals surface area contributed by atoms with Crippen LogP contribution >= 0.6 is 0 Å². The lowest BCUT2D eigenvalue weighted by Gasteiger charge is -2.16. The van der Waals surface area contributed by atoms with Crippen molar-refractivity contribution in [2.75, 3.05) is 13.2 Å². The summed E-state index contributed by atoms with van der Waals surface area (Å²) in [5.74, 6) is 0.983. The number of piperidine rings is 1. The Balaban J connectivity index is 1.63. The number of hydrogen-bond acceptors (Lipinski definition) is 5. The van der Waals surface area contributed by atoms with Crippen molar-refractivity contribution in [2.45, 2.75) is 19.4 Å². The minimum Gasteiger partial charge on any atom is -0.493 e. The van der Waals surface area contributed by atoms with Crippen LogP contribution in [0, 0.1) is 11.8 Å². The number of nitrogens with two attached hydrogens (primary N) is 1. The predicted molar refractivity (Wildman–Crippen MR) is 90.5 cm³/mol. The third-order valence-electron chi connectivity index (χ3n) is 4.81. The molecule has 1 saturated heterocycles. The van der Waals surface area contributed by atoms with Crippen LogP contribution in [0.2, 0.25) is 0 Å². The highest BCUT2D eigenvalue weighted by molar-refractivity contribution is 6.01. The molecule has 2 heterocycles. The summed E-state index contributed by atoms with van der Waals surface area (Å²) in [6, 6.07) is 5.24. The Kier molecular flexibility index (Phi) is 3.71. The first-order valence-corrected chi connectivity index (χ1v) is 8.37. The number of ether oxygens (including phenoxy) is 2. The van der Waals surface area contributed by atoms with Gasteiger partial charge in [-0.2, -0.15) is 0 Å². The molecule has 7 nitrogen and oxygen atoms in total. The maximum atomic E-state index is 11.7. The third-order valence-corrected chi connectivity index (χ3v) is 4.81. The molecule has 3 atom stereocenters. The number of benzene rings is 1. The van der Waals surface area contributed by atoms with Gasteiger partial charge in [-0.05, 0) is 42.8 Å². The fourth-order valence-corrected chi connectivity index (χ4v) is 3.45. The fourth-order valence-electron chi connectivity index (χ4n) is 3.45. The van der Waals surface area contributed by atoms with Crippen molar-refractivity contribution in [2.24, 2.45) is 17.6 Å². The molecule has 0 spiro atoms. The summed E-state index contributed by atoms with van der Waals surface area (Å²) in [6.07, 6.45) is 2.56. The average Bonchev–Trinajstić information content (AvgIpc) is 3.33. The third kappa shape index (κ3) is 2.75. The van der Waals surface area contributed by atoms with E-state index in [-0.39, 0.29) is 17.9 Å². The summed E-state index contributed by atoms with van der Waals surface area (Å²) in [5, 5.41) is 4.49. The number of hydrogen-bond donors (Lipinski definition) is 2. The quantitative estimate of drug-likeness (QED) is 0.823. The number of pyridine rings is 1. The summed E-state index contributed by atoms with van der Waals surface area (Å²) in [4.78, 5) is 27.6. The Labute approximate surface area is 144 Å². The van der Waals surface area contributed by atoms with Crippen molar-refractivity contribution >= 4 is 22.6 Å². The number of aromatic nitrogens is 1. The molecule has 2 aliphatic rings. The fraction of sp³-hybridized carbons (Fsp3) is 0.389. The van der Waals surface area contributed by atoms with E-state index in [1.807, 2.05) is 6.92 Å². The van der Waals surface area contributed by atoms with Gasteiger partial charge in [-0.1, -0.05) is 0 Å². The van der Waals surface area contributed by atoms with Gasteiger partial charge in [0.05, 0.1) is 18.2 Å². The topological polar surface area (TPSA) is 104 Å². The van der Waals surface area contributed by atoms with Crippen molar-refractivity contribution in [3.63, 3.8) is 0 Å². The highest BCUT2D eigenvalue weighted by Gasteiger charge is 2.54. The minimum absolute atomic E-state index is 0.0332. The van der Waals surface area contributed by atoms with E-state index in [4.69, 9.17) is 15.2 Å². The Morgan fingerprint density at radius 3 is 2.88 bits per heavy atom. The minimum atomic E-state index is -0.543. The monoisotopic (exact) mass is 341 g/mol. The second-order valence-corrected chi connectivity index (χ2v) is 6.42. The van der Waals surface area contributed by atoms with Crippen LogP contribution in [-0.2, 0) is 4.79 Å². The van der Waals surface area contributed by atoms with E-state index in [1.165, 1.54) is 0 Å². The van der Waals surface area contributed by atoms with E-state index in [2.05, 4.69) is 10.3 Å². The molecule has 1 aromatic carbocycles. The van der Waals surface area contributed by atoms with Gasteiger partial charge in [0.15, 0.2) is 0 Å². The zero-order valence-corrected chi connectivity index (χ0v) is 13.8. The molecule has 3 N–H and O–H groups in total. The van der Waals surface area contributed by atoms with Crippen molar-refractivity contribution in [3.8, 4) is 11.6 Å². The van der Waals surface area contributed by atoms with Gasteiger partial charge in [0.25, 0.3) is 5.91 Å². The number of carbonyl (C=O) groups excluding carboxylic acids is 2. The van der Waals surface area contributed by atoms with E-state index in [0.717, 1.165) is 17.2 Å². The highest BCUT2D eigenvalue weighted by atomic mass is 16.5. The van der Waals surface area contributed by atoms with E-state index in [9.17, 15) is 9.59 Å². The van der Waals surface area contributed by atoms with Gasteiger partial charge in [0, 0.05) is 17.5 Å². The Bertz CT molecular complexity index is 867. The molecule has 2 aromatic rings. The zero-order valence-electron chi connectivity index (χ0n) is 13.8.